The molecule has 1 fully saturated rings. The van der Waals surface area contributed by atoms with E-state index in [0.29, 0.717) is 20.8 Å². The third-order valence-corrected chi connectivity index (χ3v) is 5.58. The Morgan fingerprint density at radius 2 is 1.81 bits per heavy atom. The number of nitrogens with zero attached hydrogens (tertiary/aromatic N) is 1. The summed E-state index contributed by atoms with van der Waals surface area (Å²) in [6.45, 7) is 4.30. The van der Waals surface area contributed by atoms with Crippen LogP contribution >= 0.6 is 34.8 Å². The first-order chi connectivity index (χ1) is 12.9. The van der Waals surface area contributed by atoms with Crippen molar-refractivity contribution in [1.82, 2.24) is 0 Å². The minimum atomic E-state index is -0.253. The molecule has 0 unspecified atom stereocenters. The molecule has 2 aromatic carbocycles. The van der Waals surface area contributed by atoms with Crippen LogP contribution in [0.1, 0.15) is 25.3 Å². The molecule has 0 aromatic heterocycles. The van der Waals surface area contributed by atoms with Gasteiger partial charge < -0.3 is 10.2 Å². The van der Waals surface area contributed by atoms with Gasteiger partial charge in [0.25, 0.3) is 0 Å². The molecule has 0 bridgehead atoms. The number of rotatable bonds is 4. The first-order valence-electron chi connectivity index (χ1n) is 8.91. The van der Waals surface area contributed by atoms with Gasteiger partial charge in [0.1, 0.15) is 0 Å². The topological polar surface area (TPSA) is 32.3 Å². The average molecular weight is 424 g/mol. The maximum atomic E-state index is 12.2. The van der Waals surface area contributed by atoms with Gasteiger partial charge in [-0.15, -0.1) is 0 Å². The fourth-order valence-corrected chi connectivity index (χ4v) is 3.85. The van der Waals surface area contributed by atoms with Crippen LogP contribution in [0.5, 0.6) is 0 Å². The van der Waals surface area contributed by atoms with E-state index in [0.717, 1.165) is 30.3 Å². The average Bonchev–Trinajstić information content (AvgIpc) is 2.62. The fourth-order valence-electron chi connectivity index (χ4n) is 3.08. The molecule has 2 aromatic rings. The SMILES string of the molecule is CC1CCN(c2ccc(NC(=O)/C=C/c3ccc(Cl)cc3Cl)cc2Cl)CC1. The maximum absolute atomic E-state index is 12.2. The molecule has 0 radical (unpaired) electrons. The summed E-state index contributed by atoms with van der Waals surface area (Å²) in [6, 6.07) is 10.8. The van der Waals surface area contributed by atoms with E-state index in [2.05, 4.69) is 17.1 Å². The summed E-state index contributed by atoms with van der Waals surface area (Å²) in [5, 5.41) is 4.52. The first-order valence-corrected chi connectivity index (χ1v) is 10.0. The second-order valence-corrected chi connectivity index (χ2v) is 8.08. The monoisotopic (exact) mass is 422 g/mol. The van der Waals surface area contributed by atoms with Gasteiger partial charge in [0.15, 0.2) is 0 Å². The van der Waals surface area contributed by atoms with Crippen LogP contribution in [0.15, 0.2) is 42.5 Å². The molecule has 0 aliphatic carbocycles. The van der Waals surface area contributed by atoms with Gasteiger partial charge in [0.05, 0.1) is 10.7 Å². The van der Waals surface area contributed by atoms with Crippen LogP contribution in [-0.4, -0.2) is 19.0 Å². The molecular formula is C21H21Cl3N2O. The van der Waals surface area contributed by atoms with Crippen LogP contribution in [0.25, 0.3) is 6.08 Å². The zero-order chi connectivity index (χ0) is 19.4. The van der Waals surface area contributed by atoms with E-state index in [9.17, 15) is 4.79 Å². The molecule has 0 saturated carbocycles. The predicted octanol–water partition coefficient (Wildman–Crippen LogP) is 6.54. The number of benzene rings is 2. The van der Waals surface area contributed by atoms with Crippen LogP contribution < -0.4 is 10.2 Å². The number of anilines is 2. The summed E-state index contributed by atoms with van der Waals surface area (Å²) in [5.41, 5.74) is 2.40. The number of hydrogen-bond acceptors (Lipinski definition) is 2. The molecule has 1 amide bonds. The van der Waals surface area contributed by atoms with Crippen molar-refractivity contribution in [3.63, 3.8) is 0 Å². The Labute approximate surface area is 174 Å². The fraction of sp³-hybridized carbons (Fsp3) is 0.286. The predicted molar refractivity (Wildman–Crippen MR) is 116 cm³/mol. The van der Waals surface area contributed by atoms with Crippen LogP contribution in [0.2, 0.25) is 15.1 Å². The van der Waals surface area contributed by atoms with Crippen molar-refractivity contribution >= 4 is 58.2 Å². The molecule has 1 saturated heterocycles. The van der Waals surface area contributed by atoms with Crippen molar-refractivity contribution in [2.75, 3.05) is 23.3 Å². The number of halogens is 3. The highest BCUT2D eigenvalue weighted by molar-refractivity contribution is 6.35. The molecule has 6 heteroatoms. The lowest BCUT2D eigenvalue weighted by molar-refractivity contribution is -0.111. The molecule has 1 aliphatic heterocycles. The number of carbonyl (C=O) groups excluding carboxylic acids is 1. The summed E-state index contributed by atoms with van der Waals surface area (Å²) in [7, 11) is 0. The first kappa shape index (κ1) is 20.1. The molecule has 1 aliphatic rings. The summed E-state index contributed by atoms with van der Waals surface area (Å²) in [6.07, 6.45) is 5.43. The minimum absolute atomic E-state index is 0.253. The van der Waals surface area contributed by atoms with Gasteiger partial charge in [-0.2, -0.15) is 0 Å². The highest BCUT2D eigenvalue weighted by atomic mass is 35.5. The number of hydrogen-bond donors (Lipinski definition) is 1. The molecule has 3 nitrogen and oxygen atoms in total. The molecule has 3 rings (SSSR count). The van der Waals surface area contributed by atoms with Gasteiger partial charge in [0, 0.05) is 34.9 Å². The van der Waals surface area contributed by atoms with Crippen molar-refractivity contribution in [2.45, 2.75) is 19.8 Å². The van der Waals surface area contributed by atoms with E-state index >= 15 is 0 Å². The molecule has 1 heterocycles. The third-order valence-electron chi connectivity index (χ3n) is 4.72. The van der Waals surface area contributed by atoms with Crippen molar-refractivity contribution in [3.05, 3.63) is 63.1 Å². The minimum Gasteiger partial charge on any atom is -0.370 e. The van der Waals surface area contributed by atoms with Crippen LogP contribution in [0, 0.1) is 5.92 Å². The molecule has 1 N–H and O–H groups in total. The van der Waals surface area contributed by atoms with E-state index in [-0.39, 0.29) is 5.91 Å². The van der Waals surface area contributed by atoms with E-state index in [1.807, 2.05) is 12.1 Å². The van der Waals surface area contributed by atoms with Crippen molar-refractivity contribution in [2.24, 2.45) is 5.92 Å². The van der Waals surface area contributed by atoms with E-state index in [4.69, 9.17) is 34.8 Å². The molecule has 0 spiro atoms. The molecular weight excluding hydrogens is 403 g/mol. The Balaban J connectivity index is 1.64. The van der Waals surface area contributed by atoms with Gasteiger partial charge in [-0.25, -0.2) is 0 Å². The van der Waals surface area contributed by atoms with Gasteiger partial charge in [-0.1, -0.05) is 47.8 Å². The highest BCUT2D eigenvalue weighted by Crippen LogP contribution is 2.32. The number of amides is 1. The summed E-state index contributed by atoms with van der Waals surface area (Å²) < 4.78 is 0. The summed E-state index contributed by atoms with van der Waals surface area (Å²) in [5.74, 6) is 0.510. The lowest BCUT2D eigenvalue weighted by atomic mass is 9.99. The lowest BCUT2D eigenvalue weighted by Crippen LogP contribution is -2.32. The molecule has 0 atom stereocenters. The van der Waals surface area contributed by atoms with Gasteiger partial charge in [-0.3, -0.25) is 4.79 Å². The van der Waals surface area contributed by atoms with E-state index in [1.54, 1.807) is 30.3 Å². The zero-order valence-corrected chi connectivity index (χ0v) is 17.3. The Morgan fingerprint density at radius 1 is 1.07 bits per heavy atom. The second-order valence-electron chi connectivity index (χ2n) is 6.82. The second kappa shape index (κ2) is 9.01. The Bertz CT molecular complexity index is 859. The Hall–Kier alpha value is -1.68. The maximum Gasteiger partial charge on any atom is 0.248 e. The molecule has 27 heavy (non-hydrogen) atoms. The van der Waals surface area contributed by atoms with E-state index < -0.39 is 0 Å². The van der Waals surface area contributed by atoms with Crippen LogP contribution in [0.3, 0.4) is 0 Å². The van der Waals surface area contributed by atoms with Crippen LogP contribution in [-0.2, 0) is 4.79 Å². The zero-order valence-electron chi connectivity index (χ0n) is 15.0. The van der Waals surface area contributed by atoms with Gasteiger partial charge in [-0.05, 0) is 60.7 Å². The molecule has 142 valence electrons. The largest absolute Gasteiger partial charge is 0.370 e. The highest BCUT2D eigenvalue weighted by Gasteiger charge is 2.18. The number of nitrogens with one attached hydrogen (secondary N) is 1. The van der Waals surface area contributed by atoms with Crippen molar-refractivity contribution < 1.29 is 4.79 Å². The van der Waals surface area contributed by atoms with Gasteiger partial charge in [0.2, 0.25) is 5.91 Å². The standard InChI is InChI=1S/C21H21Cl3N2O/c1-14-8-10-26(11-9-14)20-6-5-17(13-19(20)24)25-21(27)7-3-15-2-4-16(22)12-18(15)23/h2-7,12-14H,8-11H2,1H3,(H,25,27)/b7-3+. The summed E-state index contributed by atoms with van der Waals surface area (Å²) in [4.78, 5) is 14.5. The Morgan fingerprint density at radius 3 is 2.48 bits per heavy atom. The lowest BCUT2D eigenvalue weighted by Gasteiger charge is -2.32. The van der Waals surface area contributed by atoms with Crippen molar-refractivity contribution in [1.29, 1.82) is 0 Å². The Kier molecular flexibility index (Phi) is 6.69. The smallest absolute Gasteiger partial charge is 0.248 e. The number of piperidine rings is 1. The van der Waals surface area contributed by atoms with E-state index in [1.165, 1.54) is 18.9 Å². The van der Waals surface area contributed by atoms with Gasteiger partial charge >= 0.3 is 0 Å². The van der Waals surface area contributed by atoms with Crippen molar-refractivity contribution in [3.8, 4) is 0 Å². The third kappa shape index (κ3) is 5.41. The normalized spacial score (nSPS) is 15.3. The quantitative estimate of drug-likeness (QED) is 0.567. The summed E-state index contributed by atoms with van der Waals surface area (Å²) >= 11 is 18.4. The number of carbonyl (C=O) groups is 1. The van der Waals surface area contributed by atoms with Crippen LogP contribution in [0.4, 0.5) is 11.4 Å².